The Morgan fingerprint density at radius 3 is 1.45 bits per heavy atom. The molecule has 0 atom stereocenters. The number of hydrogen-bond acceptors (Lipinski definition) is 1. The number of rotatable bonds is 5. The van der Waals surface area contributed by atoms with E-state index in [1.165, 1.54) is 11.6 Å². The molecule has 0 bridgehead atoms. The predicted molar refractivity (Wildman–Crippen MR) is 231 cm³/mol. The molecule has 3 nitrogen and oxygen atoms in total. The maximum Gasteiger partial charge on any atom is 0.417 e. The number of fused-ring (bicyclic) bond motifs is 6. The van der Waals surface area contributed by atoms with Crippen LogP contribution in [0, 0.1) is 25.2 Å². The summed E-state index contributed by atoms with van der Waals surface area (Å²) < 4.78 is 50.7. The van der Waals surface area contributed by atoms with Crippen LogP contribution in [0.5, 0.6) is 0 Å². The fraction of sp³-hybridized carbons (Fsp3) is 0.0577. The lowest BCUT2D eigenvalue weighted by Gasteiger charge is -2.22. The lowest BCUT2D eigenvalue weighted by Crippen LogP contribution is -2.11. The molecule has 58 heavy (non-hydrogen) atoms. The molecule has 6 heteroatoms. The van der Waals surface area contributed by atoms with Crippen LogP contribution in [0.1, 0.15) is 22.3 Å². The summed E-state index contributed by atoms with van der Waals surface area (Å²) in [5.41, 5.74) is 10.4. The zero-order valence-electron chi connectivity index (χ0n) is 31.6. The molecule has 2 aromatic heterocycles. The Kier molecular flexibility index (Phi) is 8.10. The number of para-hydroxylation sites is 2. The van der Waals surface area contributed by atoms with Crippen LogP contribution >= 0.6 is 0 Å². The van der Waals surface area contributed by atoms with Gasteiger partial charge in [-0.15, -0.1) is 0 Å². The third-order valence-electron chi connectivity index (χ3n) is 11.3. The monoisotopic (exact) mass is 757 g/mol. The van der Waals surface area contributed by atoms with E-state index in [0.717, 1.165) is 77.5 Å². The maximum atomic E-state index is 15.6. The van der Waals surface area contributed by atoms with Crippen molar-refractivity contribution in [1.82, 2.24) is 9.13 Å². The van der Waals surface area contributed by atoms with Crippen molar-refractivity contribution < 1.29 is 13.2 Å². The summed E-state index contributed by atoms with van der Waals surface area (Å²) in [6, 6.07) is 56.6. The lowest BCUT2D eigenvalue weighted by molar-refractivity contribution is -0.137. The van der Waals surface area contributed by atoms with Crippen LogP contribution in [0.15, 0.2) is 170 Å². The average Bonchev–Trinajstić information content (AvgIpc) is 3.75. The number of aryl methyl sites for hydroxylation is 2. The van der Waals surface area contributed by atoms with Gasteiger partial charge in [0, 0.05) is 32.7 Å². The van der Waals surface area contributed by atoms with Gasteiger partial charge in [-0.1, -0.05) is 114 Å². The first-order chi connectivity index (χ1) is 28.2. The van der Waals surface area contributed by atoms with Crippen molar-refractivity contribution in [3.63, 3.8) is 0 Å². The summed E-state index contributed by atoms with van der Waals surface area (Å²) in [5, 5.41) is 14.0. The highest BCUT2D eigenvalue weighted by molar-refractivity contribution is 6.13. The van der Waals surface area contributed by atoms with Crippen LogP contribution in [0.2, 0.25) is 0 Å². The van der Waals surface area contributed by atoms with Crippen molar-refractivity contribution >= 4 is 43.6 Å². The second kappa shape index (κ2) is 13.4. The van der Waals surface area contributed by atoms with Crippen molar-refractivity contribution in [2.24, 2.45) is 0 Å². The van der Waals surface area contributed by atoms with Crippen LogP contribution < -0.4 is 0 Å². The third-order valence-corrected chi connectivity index (χ3v) is 11.3. The number of aromatic nitrogens is 2. The van der Waals surface area contributed by atoms with Crippen LogP contribution in [0.3, 0.4) is 0 Å². The Morgan fingerprint density at radius 2 is 0.931 bits per heavy atom. The number of benzene rings is 8. The molecule has 0 unspecified atom stereocenters. The number of alkyl halides is 3. The van der Waals surface area contributed by atoms with E-state index >= 15 is 13.2 Å². The van der Waals surface area contributed by atoms with Crippen molar-refractivity contribution in [2.45, 2.75) is 20.0 Å². The fourth-order valence-corrected chi connectivity index (χ4v) is 8.56. The molecule has 0 radical (unpaired) electrons. The van der Waals surface area contributed by atoms with E-state index in [1.807, 2.05) is 69.8 Å². The van der Waals surface area contributed by atoms with E-state index < -0.39 is 11.7 Å². The minimum absolute atomic E-state index is 0.00503. The molecule has 278 valence electrons. The van der Waals surface area contributed by atoms with Crippen LogP contribution in [-0.2, 0) is 6.18 Å². The van der Waals surface area contributed by atoms with E-state index in [0.29, 0.717) is 16.9 Å². The average molecular weight is 758 g/mol. The Labute approximate surface area is 333 Å². The van der Waals surface area contributed by atoms with Crippen LogP contribution in [0.25, 0.3) is 88.4 Å². The highest BCUT2D eigenvalue weighted by Gasteiger charge is 2.36. The molecule has 8 aromatic carbocycles. The van der Waals surface area contributed by atoms with E-state index in [-0.39, 0.29) is 11.1 Å². The minimum atomic E-state index is -4.72. The molecule has 0 saturated heterocycles. The first kappa shape index (κ1) is 35.1. The van der Waals surface area contributed by atoms with Crippen molar-refractivity contribution in [3.8, 4) is 50.8 Å². The molecule has 2 heterocycles. The number of nitrogens with zero attached hydrogens (tertiary/aromatic N) is 3. The molecule has 0 aliphatic rings. The van der Waals surface area contributed by atoms with Crippen molar-refractivity contribution in [2.75, 3.05) is 0 Å². The summed E-state index contributed by atoms with van der Waals surface area (Å²) in [5.74, 6) is 0. The fourth-order valence-electron chi connectivity index (χ4n) is 8.56. The third kappa shape index (κ3) is 5.66. The van der Waals surface area contributed by atoms with Gasteiger partial charge >= 0.3 is 6.18 Å². The van der Waals surface area contributed by atoms with E-state index in [9.17, 15) is 5.26 Å². The smallest absolute Gasteiger partial charge is 0.309 e. The molecule has 10 aromatic rings. The highest BCUT2D eigenvalue weighted by atomic mass is 19.4. The summed E-state index contributed by atoms with van der Waals surface area (Å²) >= 11 is 0. The lowest BCUT2D eigenvalue weighted by atomic mass is 9.93. The molecule has 0 fully saturated rings. The molecule has 0 spiro atoms. The molecule has 10 rings (SSSR count). The molecule has 0 amide bonds. The van der Waals surface area contributed by atoms with Gasteiger partial charge in [0.2, 0.25) is 0 Å². The van der Waals surface area contributed by atoms with Gasteiger partial charge in [-0.2, -0.15) is 18.4 Å². The molecular formula is C52H34F3N3. The molecule has 0 N–H and O–H groups in total. The zero-order chi connectivity index (χ0) is 39.7. The Hall–Kier alpha value is -7.36. The van der Waals surface area contributed by atoms with Gasteiger partial charge in [-0.3, -0.25) is 0 Å². The predicted octanol–water partition coefficient (Wildman–Crippen LogP) is 14.4. The molecule has 0 aliphatic carbocycles. The number of hydrogen-bond donors (Lipinski definition) is 0. The van der Waals surface area contributed by atoms with E-state index in [1.54, 1.807) is 24.3 Å². The van der Waals surface area contributed by atoms with Crippen LogP contribution in [-0.4, -0.2) is 9.13 Å². The van der Waals surface area contributed by atoms with E-state index in [2.05, 4.69) is 92.7 Å². The quantitative estimate of drug-likeness (QED) is 0.172. The van der Waals surface area contributed by atoms with Gasteiger partial charge in [-0.05, 0) is 103 Å². The Bertz CT molecular complexity index is 3290. The van der Waals surface area contributed by atoms with Crippen LogP contribution in [0.4, 0.5) is 13.2 Å². The molecule has 0 aliphatic heterocycles. The largest absolute Gasteiger partial charge is 0.417 e. The second-order valence-corrected chi connectivity index (χ2v) is 14.9. The highest BCUT2D eigenvalue weighted by Crippen LogP contribution is 2.47. The second-order valence-electron chi connectivity index (χ2n) is 14.9. The van der Waals surface area contributed by atoms with Gasteiger partial charge in [0.1, 0.15) is 0 Å². The van der Waals surface area contributed by atoms with Gasteiger partial charge < -0.3 is 9.13 Å². The van der Waals surface area contributed by atoms with E-state index in [4.69, 9.17) is 0 Å². The topological polar surface area (TPSA) is 33.6 Å². The summed E-state index contributed by atoms with van der Waals surface area (Å²) in [7, 11) is 0. The van der Waals surface area contributed by atoms with Gasteiger partial charge in [0.15, 0.2) is 0 Å². The molecular weight excluding hydrogens is 724 g/mol. The Morgan fingerprint density at radius 1 is 0.448 bits per heavy atom. The summed E-state index contributed by atoms with van der Waals surface area (Å²) in [4.78, 5) is 0. The number of halogens is 3. The summed E-state index contributed by atoms with van der Waals surface area (Å²) in [6.07, 6.45) is -4.72. The van der Waals surface area contributed by atoms with Gasteiger partial charge in [0.25, 0.3) is 0 Å². The zero-order valence-corrected chi connectivity index (χ0v) is 31.6. The first-order valence-electron chi connectivity index (χ1n) is 19.1. The first-order valence-corrected chi connectivity index (χ1v) is 19.1. The van der Waals surface area contributed by atoms with Crippen molar-refractivity contribution in [1.29, 1.82) is 5.26 Å². The summed E-state index contributed by atoms with van der Waals surface area (Å²) in [6.45, 7) is 4.11. The standard InChI is InChI=1S/C52H34F3N3/c1-32-14-19-35(20-15-32)37-23-26-47-41(29-37)39-8-3-5-11-45(39)57(47)49-25-18-34(31-56)28-43(49)51-44(52(53,54)55)10-7-13-50(51)58-46-12-6-4-9-40(46)42-30-38(24-27-48(42)58)36-21-16-33(2)17-22-36/h3-30H,1-2H3. The van der Waals surface area contributed by atoms with Crippen molar-refractivity contribution in [3.05, 3.63) is 192 Å². The SMILES string of the molecule is Cc1ccc(-c2ccc3c(c2)c2ccccc2n3-c2ccc(C#N)cc2-c2c(-n3c4ccccc4c4cc(-c5ccc(C)cc5)ccc43)cccc2C(F)(F)F)cc1. The molecule has 0 saturated carbocycles. The minimum Gasteiger partial charge on any atom is -0.309 e. The Balaban J connectivity index is 1.28. The van der Waals surface area contributed by atoms with Gasteiger partial charge in [0.05, 0.1) is 50.6 Å². The van der Waals surface area contributed by atoms with Gasteiger partial charge in [-0.25, -0.2) is 0 Å². The maximum absolute atomic E-state index is 15.6. The normalized spacial score (nSPS) is 11.9. The number of nitriles is 1.